The summed E-state index contributed by atoms with van der Waals surface area (Å²) in [7, 11) is 1.62. The first-order valence-corrected chi connectivity index (χ1v) is 7.94. The van der Waals surface area contributed by atoms with Crippen molar-refractivity contribution in [2.45, 2.75) is 0 Å². The van der Waals surface area contributed by atoms with Crippen molar-refractivity contribution in [1.82, 2.24) is 0 Å². The fourth-order valence-electron chi connectivity index (χ4n) is 2.30. The van der Waals surface area contributed by atoms with Gasteiger partial charge in [-0.3, -0.25) is 4.79 Å². The van der Waals surface area contributed by atoms with E-state index in [0.29, 0.717) is 11.3 Å². The first-order valence-electron chi connectivity index (χ1n) is 7.94. The third-order valence-electron chi connectivity index (χ3n) is 3.66. The van der Waals surface area contributed by atoms with E-state index in [4.69, 9.17) is 9.47 Å². The average Bonchev–Trinajstić information content (AvgIpc) is 2.68. The van der Waals surface area contributed by atoms with E-state index in [1.807, 2.05) is 54.6 Å². The first-order chi connectivity index (χ1) is 12.2. The minimum atomic E-state index is -0.0536. The average molecular weight is 330 g/mol. The van der Waals surface area contributed by atoms with Crippen LogP contribution in [0.4, 0.5) is 0 Å². The Kier molecular flexibility index (Phi) is 5.27. The molecule has 0 aromatic heterocycles. The number of allylic oxidation sites excluding steroid dienone is 1. The van der Waals surface area contributed by atoms with Crippen molar-refractivity contribution in [3.05, 3.63) is 96.1 Å². The van der Waals surface area contributed by atoms with Crippen molar-refractivity contribution in [3.63, 3.8) is 0 Å². The molecule has 3 rings (SSSR count). The molecule has 3 nitrogen and oxygen atoms in total. The maximum atomic E-state index is 12.3. The van der Waals surface area contributed by atoms with Gasteiger partial charge in [-0.2, -0.15) is 0 Å². The molecule has 0 amide bonds. The number of hydrogen-bond donors (Lipinski definition) is 0. The standard InChI is InChI=1S/C22H18O3/c1-24-19-12-7-17(8-13-19)9-16-22(23)18-10-14-21(15-11-18)25-20-5-3-2-4-6-20/h2-16H,1H3. The molecule has 0 unspecified atom stereocenters. The van der Waals surface area contributed by atoms with Crippen LogP contribution < -0.4 is 9.47 Å². The van der Waals surface area contributed by atoms with E-state index < -0.39 is 0 Å². The van der Waals surface area contributed by atoms with Crippen LogP contribution in [0, 0.1) is 0 Å². The summed E-state index contributed by atoms with van der Waals surface area (Å²) in [6.45, 7) is 0. The smallest absolute Gasteiger partial charge is 0.185 e. The molecule has 0 bridgehead atoms. The molecular formula is C22H18O3. The molecule has 3 aromatic carbocycles. The summed E-state index contributed by atoms with van der Waals surface area (Å²) in [5, 5.41) is 0. The summed E-state index contributed by atoms with van der Waals surface area (Å²) in [5.41, 5.74) is 1.56. The minimum Gasteiger partial charge on any atom is -0.497 e. The number of carbonyl (C=O) groups excluding carboxylic acids is 1. The summed E-state index contributed by atoms with van der Waals surface area (Å²) in [6.07, 6.45) is 3.35. The Labute approximate surface area is 147 Å². The van der Waals surface area contributed by atoms with E-state index >= 15 is 0 Å². The largest absolute Gasteiger partial charge is 0.497 e. The number of hydrogen-bond acceptors (Lipinski definition) is 3. The Morgan fingerprint density at radius 2 is 1.36 bits per heavy atom. The zero-order chi connectivity index (χ0) is 17.5. The molecule has 0 aliphatic carbocycles. The molecule has 3 heteroatoms. The predicted octanol–water partition coefficient (Wildman–Crippen LogP) is 5.38. The van der Waals surface area contributed by atoms with Crippen molar-refractivity contribution < 1.29 is 14.3 Å². The van der Waals surface area contributed by atoms with Crippen LogP contribution in [-0.2, 0) is 0 Å². The molecule has 0 aliphatic rings. The summed E-state index contributed by atoms with van der Waals surface area (Å²) in [6, 6.07) is 24.2. The lowest BCUT2D eigenvalue weighted by atomic mass is 10.1. The van der Waals surface area contributed by atoms with E-state index in [0.717, 1.165) is 17.1 Å². The number of para-hydroxylation sites is 1. The molecule has 3 aromatic rings. The molecule has 0 saturated carbocycles. The third-order valence-corrected chi connectivity index (χ3v) is 3.66. The summed E-state index contributed by atoms with van der Waals surface area (Å²) >= 11 is 0. The molecule has 0 aliphatic heterocycles. The van der Waals surface area contributed by atoms with E-state index in [1.54, 1.807) is 43.5 Å². The van der Waals surface area contributed by atoms with Crippen molar-refractivity contribution in [1.29, 1.82) is 0 Å². The van der Waals surface area contributed by atoms with Gasteiger partial charge in [-0.15, -0.1) is 0 Å². The highest BCUT2D eigenvalue weighted by Crippen LogP contribution is 2.21. The van der Waals surface area contributed by atoms with Crippen LogP contribution in [0.3, 0.4) is 0 Å². The van der Waals surface area contributed by atoms with Crippen molar-refractivity contribution in [2.24, 2.45) is 0 Å². The Morgan fingerprint density at radius 3 is 2.00 bits per heavy atom. The normalized spacial score (nSPS) is 10.6. The molecule has 0 fully saturated rings. The lowest BCUT2D eigenvalue weighted by Gasteiger charge is -2.05. The molecule has 124 valence electrons. The summed E-state index contributed by atoms with van der Waals surface area (Å²) < 4.78 is 10.8. The lowest BCUT2D eigenvalue weighted by Crippen LogP contribution is -1.94. The Bertz CT molecular complexity index is 848. The molecule has 0 saturated heterocycles. The Morgan fingerprint density at radius 1 is 0.760 bits per heavy atom. The van der Waals surface area contributed by atoms with Gasteiger partial charge < -0.3 is 9.47 Å². The van der Waals surface area contributed by atoms with Gasteiger partial charge in [0.2, 0.25) is 0 Å². The number of benzene rings is 3. The van der Waals surface area contributed by atoms with Crippen LogP contribution in [0.2, 0.25) is 0 Å². The van der Waals surface area contributed by atoms with Gasteiger partial charge in [0.1, 0.15) is 17.2 Å². The zero-order valence-electron chi connectivity index (χ0n) is 13.9. The number of ether oxygens (including phenoxy) is 2. The third kappa shape index (κ3) is 4.58. The van der Waals surface area contributed by atoms with E-state index in [2.05, 4.69) is 0 Å². The monoisotopic (exact) mass is 330 g/mol. The van der Waals surface area contributed by atoms with Gasteiger partial charge in [0.15, 0.2) is 5.78 Å². The number of methoxy groups -OCH3 is 1. The van der Waals surface area contributed by atoms with Crippen molar-refractivity contribution >= 4 is 11.9 Å². The molecule has 0 heterocycles. The Balaban J connectivity index is 1.64. The Hall–Kier alpha value is -3.33. The second kappa shape index (κ2) is 7.97. The highest BCUT2D eigenvalue weighted by Gasteiger charge is 2.03. The molecule has 25 heavy (non-hydrogen) atoms. The van der Waals surface area contributed by atoms with Gasteiger partial charge in [-0.05, 0) is 60.2 Å². The lowest BCUT2D eigenvalue weighted by molar-refractivity contribution is 0.104. The molecular weight excluding hydrogens is 312 g/mol. The van der Waals surface area contributed by atoms with Crippen LogP contribution in [0.5, 0.6) is 17.2 Å². The zero-order valence-corrected chi connectivity index (χ0v) is 13.9. The van der Waals surface area contributed by atoms with Crippen LogP contribution >= 0.6 is 0 Å². The quantitative estimate of drug-likeness (QED) is 0.449. The highest BCUT2D eigenvalue weighted by molar-refractivity contribution is 6.06. The second-order valence-electron chi connectivity index (χ2n) is 5.41. The number of carbonyl (C=O) groups is 1. The fourth-order valence-corrected chi connectivity index (χ4v) is 2.30. The van der Waals surface area contributed by atoms with E-state index in [1.165, 1.54) is 0 Å². The molecule has 0 N–H and O–H groups in total. The fraction of sp³-hybridized carbons (Fsp3) is 0.0455. The number of ketones is 1. The highest BCUT2D eigenvalue weighted by atomic mass is 16.5. The predicted molar refractivity (Wildman–Crippen MR) is 99.3 cm³/mol. The van der Waals surface area contributed by atoms with Gasteiger partial charge in [0, 0.05) is 5.56 Å². The molecule has 0 atom stereocenters. The van der Waals surface area contributed by atoms with Gasteiger partial charge in [-0.1, -0.05) is 36.4 Å². The summed E-state index contributed by atoms with van der Waals surface area (Å²) in [4.78, 5) is 12.3. The molecule has 0 spiro atoms. The van der Waals surface area contributed by atoms with E-state index in [-0.39, 0.29) is 5.78 Å². The van der Waals surface area contributed by atoms with Crippen LogP contribution in [-0.4, -0.2) is 12.9 Å². The van der Waals surface area contributed by atoms with Crippen molar-refractivity contribution in [3.8, 4) is 17.2 Å². The second-order valence-corrected chi connectivity index (χ2v) is 5.41. The maximum absolute atomic E-state index is 12.3. The van der Waals surface area contributed by atoms with Gasteiger partial charge in [-0.25, -0.2) is 0 Å². The van der Waals surface area contributed by atoms with Crippen LogP contribution in [0.1, 0.15) is 15.9 Å². The SMILES string of the molecule is COc1ccc(C=CC(=O)c2ccc(Oc3ccccc3)cc2)cc1. The summed E-state index contributed by atoms with van der Waals surface area (Å²) in [5.74, 6) is 2.20. The van der Waals surface area contributed by atoms with Crippen LogP contribution in [0.15, 0.2) is 84.9 Å². The van der Waals surface area contributed by atoms with Crippen LogP contribution in [0.25, 0.3) is 6.08 Å². The first kappa shape index (κ1) is 16.5. The van der Waals surface area contributed by atoms with Gasteiger partial charge in [0.05, 0.1) is 7.11 Å². The molecule has 0 radical (unpaired) electrons. The van der Waals surface area contributed by atoms with Gasteiger partial charge >= 0.3 is 0 Å². The maximum Gasteiger partial charge on any atom is 0.185 e. The number of rotatable bonds is 6. The van der Waals surface area contributed by atoms with Gasteiger partial charge in [0.25, 0.3) is 0 Å². The van der Waals surface area contributed by atoms with Crippen molar-refractivity contribution in [2.75, 3.05) is 7.11 Å². The topological polar surface area (TPSA) is 35.5 Å². The minimum absolute atomic E-state index is 0.0536. The van der Waals surface area contributed by atoms with E-state index in [9.17, 15) is 4.79 Å².